The van der Waals surface area contributed by atoms with Crippen LogP contribution in [0.3, 0.4) is 0 Å². The number of terminal acetylenes is 1. The molecule has 1 aromatic rings. The molecule has 0 bridgehead atoms. The number of hydrogen-bond acceptors (Lipinski definition) is 2. The molecule has 0 radical (unpaired) electrons. The normalized spacial score (nSPS) is 7.50. The molecule has 0 spiro atoms. The number of nitrogen functional groups attached to an aromatic ring is 1. The summed E-state index contributed by atoms with van der Waals surface area (Å²) in [5.74, 6) is 2.82. The van der Waals surface area contributed by atoms with Crippen LogP contribution in [-0.4, -0.2) is 4.98 Å². The molecule has 0 amide bonds. The summed E-state index contributed by atoms with van der Waals surface area (Å²) in [6.07, 6.45) is 6.69. The second-order valence-corrected chi connectivity index (χ2v) is 1.58. The molecule has 10 heavy (non-hydrogen) atoms. The molecule has 0 atom stereocenters. The lowest BCUT2D eigenvalue weighted by atomic mass is 10.3. The Kier molecular flexibility index (Phi) is 2.99. The van der Waals surface area contributed by atoms with Crippen molar-refractivity contribution >= 4 is 5.82 Å². The first-order valence-electron chi connectivity index (χ1n) is 2.51. The van der Waals surface area contributed by atoms with Crippen molar-refractivity contribution < 1.29 is 0 Å². The Morgan fingerprint density at radius 1 is 1.60 bits per heavy atom. The van der Waals surface area contributed by atoms with Gasteiger partial charge in [0.15, 0.2) is 0 Å². The zero-order valence-electron chi connectivity index (χ0n) is 4.83. The zero-order valence-corrected chi connectivity index (χ0v) is 4.83. The van der Waals surface area contributed by atoms with Gasteiger partial charge >= 0.3 is 0 Å². The minimum Gasteiger partial charge on any atom is -0.383 e. The molecular formula is C8H10N2. The predicted molar refractivity (Wildman–Crippen MR) is 43.3 cm³/mol. The standard InChI is InChI=1S/C7H6N2.CH4/c1-2-6-4-3-5-9-7(6)8;/h1,3-5H,(H2,8,9);1H4. The fourth-order valence-electron chi connectivity index (χ4n) is 0.540. The largest absolute Gasteiger partial charge is 0.383 e. The molecule has 0 unspecified atom stereocenters. The molecular weight excluding hydrogens is 124 g/mol. The van der Waals surface area contributed by atoms with Gasteiger partial charge in [-0.2, -0.15) is 0 Å². The molecule has 1 rings (SSSR count). The maximum absolute atomic E-state index is 5.38. The van der Waals surface area contributed by atoms with Crippen LogP contribution in [0.5, 0.6) is 0 Å². The zero-order chi connectivity index (χ0) is 6.69. The molecule has 2 nitrogen and oxygen atoms in total. The van der Waals surface area contributed by atoms with Crippen molar-refractivity contribution in [3.05, 3.63) is 23.9 Å². The van der Waals surface area contributed by atoms with Crippen LogP contribution < -0.4 is 5.73 Å². The van der Waals surface area contributed by atoms with E-state index >= 15 is 0 Å². The summed E-state index contributed by atoms with van der Waals surface area (Å²) in [7, 11) is 0. The minimum atomic E-state index is 0. The Morgan fingerprint density at radius 2 is 2.30 bits per heavy atom. The van der Waals surface area contributed by atoms with Crippen LogP contribution in [0.4, 0.5) is 5.82 Å². The summed E-state index contributed by atoms with van der Waals surface area (Å²) in [6, 6.07) is 3.51. The third-order valence-corrected chi connectivity index (χ3v) is 0.994. The van der Waals surface area contributed by atoms with Crippen LogP contribution in [0.25, 0.3) is 0 Å². The van der Waals surface area contributed by atoms with Crippen LogP contribution >= 0.6 is 0 Å². The van der Waals surface area contributed by atoms with Gasteiger partial charge in [-0.1, -0.05) is 13.3 Å². The summed E-state index contributed by atoms with van der Waals surface area (Å²) in [5.41, 5.74) is 6.03. The molecule has 1 aromatic heterocycles. The van der Waals surface area contributed by atoms with Gasteiger partial charge < -0.3 is 5.73 Å². The molecule has 52 valence electrons. The van der Waals surface area contributed by atoms with E-state index in [9.17, 15) is 0 Å². The highest BCUT2D eigenvalue weighted by atomic mass is 14.8. The van der Waals surface area contributed by atoms with Gasteiger partial charge in [0.05, 0.1) is 5.56 Å². The highest BCUT2D eigenvalue weighted by molar-refractivity contribution is 5.48. The van der Waals surface area contributed by atoms with Gasteiger partial charge in [-0.15, -0.1) is 6.42 Å². The molecule has 0 saturated carbocycles. The number of aromatic nitrogens is 1. The third-order valence-electron chi connectivity index (χ3n) is 0.994. The van der Waals surface area contributed by atoms with E-state index in [4.69, 9.17) is 12.2 Å². The molecule has 0 aliphatic carbocycles. The van der Waals surface area contributed by atoms with Crippen molar-refractivity contribution in [3.63, 3.8) is 0 Å². The minimum absolute atomic E-state index is 0. The first kappa shape index (κ1) is 8.51. The molecule has 0 fully saturated rings. The van der Waals surface area contributed by atoms with Crippen LogP contribution in [0, 0.1) is 12.3 Å². The van der Waals surface area contributed by atoms with E-state index in [1.165, 1.54) is 0 Å². The second-order valence-electron chi connectivity index (χ2n) is 1.58. The Morgan fingerprint density at radius 3 is 2.70 bits per heavy atom. The van der Waals surface area contributed by atoms with Crippen molar-refractivity contribution in [2.45, 2.75) is 7.43 Å². The lowest BCUT2D eigenvalue weighted by Gasteiger charge is -1.91. The van der Waals surface area contributed by atoms with Crippen molar-refractivity contribution in [1.82, 2.24) is 4.98 Å². The molecule has 1 heterocycles. The number of rotatable bonds is 0. The van der Waals surface area contributed by atoms with E-state index in [0.717, 1.165) is 0 Å². The maximum Gasteiger partial charge on any atom is 0.139 e. The Bertz CT molecular complexity index is 248. The lowest BCUT2D eigenvalue weighted by Crippen LogP contribution is -1.91. The van der Waals surface area contributed by atoms with Crippen molar-refractivity contribution in [1.29, 1.82) is 0 Å². The second kappa shape index (κ2) is 3.52. The Balaban J connectivity index is 0.000000810. The summed E-state index contributed by atoms with van der Waals surface area (Å²) in [6.45, 7) is 0. The van der Waals surface area contributed by atoms with Gasteiger partial charge in [0.2, 0.25) is 0 Å². The first-order chi connectivity index (χ1) is 4.34. The number of nitrogens with two attached hydrogens (primary N) is 1. The summed E-state index contributed by atoms with van der Waals surface area (Å²) in [4.78, 5) is 3.79. The number of anilines is 1. The van der Waals surface area contributed by atoms with Crippen LogP contribution in [-0.2, 0) is 0 Å². The van der Waals surface area contributed by atoms with E-state index in [1.54, 1.807) is 18.3 Å². The van der Waals surface area contributed by atoms with Gasteiger partial charge in [0.1, 0.15) is 5.82 Å². The van der Waals surface area contributed by atoms with E-state index < -0.39 is 0 Å². The highest BCUT2D eigenvalue weighted by Crippen LogP contribution is 2.02. The van der Waals surface area contributed by atoms with Crippen LogP contribution in [0.2, 0.25) is 0 Å². The molecule has 2 N–H and O–H groups in total. The van der Waals surface area contributed by atoms with Gasteiger partial charge in [-0.3, -0.25) is 0 Å². The summed E-state index contributed by atoms with van der Waals surface area (Å²) in [5, 5.41) is 0. The van der Waals surface area contributed by atoms with Crippen molar-refractivity contribution in [2.24, 2.45) is 0 Å². The third kappa shape index (κ3) is 1.49. The number of nitrogens with zero attached hydrogens (tertiary/aromatic N) is 1. The van der Waals surface area contributed by atoms with E-state index in [1.807, 2.05) is 0 Å². The van der Waals surface area contributed by atoms with Crippen LogP contribution in [0.15, 0.2) is 18.3 Å². The molecule has 2 heteroatoms. The van der Waals surface area contributed by atoms with E-state index in [2.05, 4.69) is 10.9 Å². The van der Waals surface area contributed by atoms with Crippen molar-refractivity contribution in [2.75, 3.05) is 5.73 Å². The smallest absolute Gasteiger partial charge is 0.139 e. The number of hydrogen-bond donors (Lipinski definition) is 1. The Hall–Kier alpha value is -1.49. The monoisotopic (exact) mass is 134 g/mol. The fourth-order valence-corrected chi connectivity index (χ4v) is 0.540. The predicted octanol–water partition coefficient (Wildman–Crippen LogP) is 1.28. The van der Waals surface area contributed by atoms with Crippen molar-refractivity contribution in [3.8, 4) is 12.3 Å². The molecule has 0 aliphatic heterocycles. The SMILES string of the molecule is C.C#Cc1cccnc1N. The summed E-state index contributed by atoms with van der Waals surface area (Å²) >= 11 is 0. The maximum atomic E-state index is 5.38. The topological polar surface area (TPSA) is 38.9 Å². The van der Waals surface area contributed by atoms with Gasteiger partial charge in [-0.05, 0) is 12.1 Å². The van der Waals surface area contributed by atoms with Crippen LogP contribution in [0.1, 0.15) is 13.0 Å². The highest BCUT2D eigenvalue weighted by Gasteiger charge is 1.90. The fraction of sp³-hybridized carbons (Fsp3) is 0.125. The van der Waals surface area contributed by atoms with Gasteiger partial charge in [-0.25, -0.2) is 4.98 Å². The van der Waals surface area contributed by atoms with E-state index in [0.29, 0.717) is 11.4 Å². The van der Waals surface area contributed by atoms with Gasteiger partial charge in [0.25, 0.3) is 0 Å². The number of pyridine rings is 1. The molecule has 0 aromatic carbocycles. The average molecular weight is 134 g/mol. The quantitative estimate of drug-likeness (QED) is 0.543. The Labute approximate surface area is 61.1 Å². The average Bonchev–Trinajstić information content (AvgIpc) is 1.89. The lowest BCUT2D eigenvalue weighted by molar-refractivity contribution is 1.32. The molecule has 0 aliphatic rings. The molecule has 0 saturated heterocycles. The van der Waals surface area contributed by atoms with E-state index in [-0.39, 0.29) is 7.43 Å². The summed E-state index contributed by atoms with van der Waals surface area (Å²) < 4.78 is 0. The van der Waals surface area contributed by atoms with Gasteiger partial charge in [0, 0.05) is 6.20 Å². The first-order valence-corrected chi connectivity index (χ1v) is 2.51.